The fraction of sp³-hybridized carbons (Fsp3) is 0.444. The molecular formula is C18H23N3O2S. The van der Waals surface area contributed by atoms with Crippen LogP contribution >= 0.6 is 11.3 Å². The molecule has 5 nitrogen and oxygen atoms in total. The molecule has 2 N–H and O–H groups in total. The van der Waals surface area contributed by atoms with Crippen LogP contribution in [0.1, 0.15) is 36.1 Å². The van der Waals surface area contributed by atoms with Crippen molar-refractivity contribution < 1.29 is 9.53 Å². The number of carbonyl (C=O) groups excluding carboxylic acids is 1. The highest BCUT2D eigenvalue weighted by Crippen LogP contribution is 2.31. The predicted octanol–water partition coefficient (Wildman–Crippen LogP) is 3.19. The summed E-state index contributed by atoms with van der Waals surface area (Å²) in [5.74, 6) is 1.08. The van der Waals surface area contributed by atoms with Crippen LogP contribution in [0.2, 0.25) is 0 Å². The Labute approximate surface area is 146 Å². The Bertz CT molecular complexity index is 663. The summed E-state index contributed by atoms with van der Waals surface area (Å²) in [4.78, 5) is 17.6. The molecule has 2 heterocycles. The molecule has 0 spiro atoms. The number of nitrogens with zero attached hydrogens (tertiary/aromatic N) is 1. The number of aryl methyl sites for hydroxylation is 1. The SMILES string of the molecule is CCc1ccc(OCC(=O)Nc2ncc(C3CCNCC3)s2)cc1. The quantitative estimate of drug-likeness (QED) is 0.844. The summed E-state index contributed by atoms with van der Waals surface area (Å²) in [6.45, 7) is 4.20. The third-order valence-electron chi connectivity index (χ3n) is 4.21. The van der Waals surface area contributed by atoms with Crippen molar-refractivity contribution in [2.75, 3.05) is 25.0 Å². The van der Waals surface area contributed by atoms with Crippen molar-refractivity contribution in [1.82, 2.24) is 10.3 Å². The Morgan fingerprint density at radius 1 is 1.33 bits per heavy atom. The van der Waals surface area contributed by atoms with Gasteiger partial charge in [0.2, 0.25) is 0 Å². The zero-order chi connectivity index (χ0) is 16.8. The number of nitrogens with one attached hydrogen (secondary N) is 2. The second-order valence-corrected chi connectivity index (χ2v) is 6.99. The number of thiazole rings is 1. The van der Waals surface area contributed by atoms with E-state index in [-0.39, 0.29) is 12.5 Å². The lowest BCUT2D eigenvalue weighted by Crippen LogP contribution is -2.26. The van der Waals surface area contributed by atoms with E-state index < -0.39 is 0 Å². The molecule has 1 aromatic heterocycles. The first-order valence-electron chi connectivity index (χ1n) is 8.42. The number of amides is 1. The molecule has 6 heteroatoms. The van der Waals surface area contributed by atoms with Gasteiger partial charge in [-0.15, -0.1) is 11.3 Å². The molecule has 1 amide bonds. The van der Waals surface area contributed by atoms with E-state index in [1.54, 1.807) is 11.3 Å². The average Bonchev–Trinajstić information content (AvgIpc) is 3.09. The standard InChI is InChI=1S/C18H23N3O2S/c1-2-13-3-5-15(6-4-13)23-12-17(22)21-18-20-11-16(24-18)14-7-9-19-10-8-14/h3-6,11,14,19H,2,7-10,12H2,1H3,(H,20,21,22). The summed E-state index contributed by atoms with van der Waals surface area (Å²) in [7, 11) is 0. The highest BCUT2D eigenvalue weighted by atomic mass is 32.1. The van der Waals surface area contributed by atoms with Crippen molar-refractivity contribution in [2.45, 2.75) is 32.1 Å². The zero-order valence-corrected chi connectivity index (χ0v) is 14.7. The summed E-state index contributed by atoms with van der Waals surface area (Å²) in [5.41, 5.74) is 1.25. The van der Waals surface area contributed by atoms with Gasteiger partial charge in [0.25, 0.3) is 5.91 Å². The van der Waals surface area contributed by atoms with E-state index in [9.17, 15) is 4.79 Å². The van der Waals surface area contributed by atoms with Crippen LogP contribution in [0.4, 0.5) is 5.13 Å². The van der Waals surface area contributed by atoms with Gasteiger partial charge < -0.3 is 10.1 Å². The molecule has 1 fully saturated rings. The van der Waals surface area contributed by atoms with Gasteiger partial charge in [0.1, 0.15) is 5.75 Å². The molecule has 0 bridgehead atoms. The van der Waals surface area contributed by atoms with Crippen LogP contribution in [0.25, 0.3) is 0 Å². The largest absolute Gasteiger partial charge is 0.484 e. The van der Waals surface area contributed by atoms with E-state index in [0.717, 1.165) is 32.4 Å². The van der Waals surface area contributed by atoms with Gasteiger partial charge in [-0.1, -0.05) is 19.1 Å². The molecule has 1 aliphatic heterocycles. The van der Waals surface area contributed by atoms with Crippen molar-refractivity contribution in [3.63, 3.8) is 0 Å². The summed E-state index contributed by atoms with van der Waals surface area (Å²) < 4.78 is 5.52. The predicted molar refractivity (Wildman–Crippen MR) is 96.9 cm³/mol. The highest BCUT2D eigenvalue weighted by molar-refractivity contribution is 7.15. The molecule has 128 valence electrons. The molecule has 0 unspecified atom stereocenters. The number of ether oxygens (including phenoxy) is 1. The summed E-state index contributed by atoms with van der Waals surface area (Å²) in [6, 6.07) is 7.81. The maximum Gasteiger partial charge on any atom is 0.264 e. The first-order chi connectivity index (χ1) is 11.7. The van der Waals surface area contributed by atoms with Crippen LogP contribution in [0.15, 0.2) is 30.5 Å². The summed E-state index contributed by atoms with van der Waals surface area (Å²) in [5, 5.41) is 6.83. The first kappa shape index (κ1) is 16.9. The fourth-order valence-corrected chi connectivity index (χ4v) is 3.77. The lowest BCUT2D eigenvalue weighted by Gasteiger charge is -2.20. The summed E-state index contributed by atoms with van der Waals surface area (Å²) >= 11 is 1.57. The number of aromatic nitrogens is 1. The van der Waals surface area contributed by atoms with Gasteiger partial charge in [-0.3, -0.25) is 10.1 Å². The van der Waals surface area contributed by atoms with Crippen LogP contribution in [0.3, 0.4) is 0 Å². The second-order valence-electron chi connectivity index (χ2n) is 5.93. The molecule has 1 saturated heterocycles. The van der Waals surface area contributed by atoms with Crippen molar-refractivity contribution in [2.24, 2.45) is 0 Å². The number of carbonyl (C=O) groups is 1. The number of anilines is 1. The minimum atomic E-state index is -0.180. The monoisotopic (exact) mass is 345 g/mol. The van der Waals surface area contributed by atoms with Gasteiger partial charge in [-0.05, 0) is 56.0 Å². The van der Waals surface area contributed by atoms with Crippen LogP contribution in [0, 0.1) is 0 Å². The van der Waals surface area contributed by atoms with Gasteiger partial charge >= 0.3 is 0 Å². The highest BCUT2D eigenvalue weighted by Gasteiger charge is 2.18. The number of piperidine rings is 1. The Hall–Kier alpha value is -1.92. The topological polar surface area (TPSA) is 63.2 Å². The molecule has 24 heavy (non-hydrogen) atoms. The van der Waals surface area contributed by atoms with Crippen molar-refractivity contribution in [3.8, 4) is 5.75 Å². The molecule has 1 aliphatic rings. The maximum absolute atomic E-state index is 12.0. The smallest absolute Gasteiger partial charge is 0.264 e. The van der Waals surface area contributed by atoms with E-state index in [0.29, 0.717) is 16.8 Å². The van der Waals surface area contributed by atoms with E-state index in [2.05, 4.69) is 22.5 Å². The zero-order valence-electron chi connectivity index (χ0n) is 13.9. The number of hydrogen-bond donors (Lipinski definition) is 2. The molecular weight excluding hydrogens is 322 g/mol. The Balaban J connectivity index is 1.48. The van der Waals surface area contributed by atoms with Crippen molar-refractivity contribution >= 4 is 22.4 Å². The van der Waals surface area contributed by atoms with Crippen molar-refractivity contribution in [3.05, 3.63) is 40.9 Å². The number of hydrogen-bond acceptors (Lipinski definition) is 5. The first-order valence-corrected chi connectivity index (χ1v) is 9.24. The minimum Gasteiger partial charge on any atom is -0.484 e. The lowest BCUT2D eigenvalue weighted by atomic mass is 9.97. The number of benzene rings is 1. The Morgan fingerprint density at radius 2 is 2.08 bits per heavy atom. The molecule has 3 rings (SSSR count). The molecule has 0 radical (unpaired) electrons. The van der Waals surface area contributed by atoms with Gasteiger partial charge in [0.05, 0.1) is 0 Å². The molecule has 1 aromatic carbocycles. The van der Waals surface area contributed by atoms with Crippen LogP contribution in [-0.2, 0) is 11.2 Å². The van der Waals surface area contributed by atoms with Crippen LogP contribution < -0.4 is 15.4 Å². The third kappa shape index (κ3) is 4.55. The second kappa shape index (κ2) is 8.26. The molecule has 0 aliphatic carbocycles. The van der Waals surface area contributed by atoms with Gasteiger partial charge in [-0.2, -0.15) is 0 Å². The molecule has 0 atom stereocenters. The van der Waals surface area contributed by atoms with Gasteiger partial charge in [0.15, 0.2) is 11.7 Å². The lowest BCUT2D eigenvalue weighted by molar-refractivity contribution is -0.118. The average molecular weight is 345 g/mol. The maximum atomic E-state index is 12.0. The summed E-state index contributed by atoms with van der Waals surface area (Å²) in [6.07, 6.45) is 5.14. The van der Waals surface area contributed by atoms with Crippen LogP contribution in [0.5, 0.6) is 5.75 Å². The van der Waals surface area contributed by atoms with Gasteiger partial charge in [0, 0.05) is 11.1 Å². The Morgan fingerprint density at radius 3 is 2.79 bits per heavy atom. The van der Waals surface area contributed by atoms with Crippen molar-refractivity contribution in [1.29, 1.82) is 0 Å². The normalized spacial score (nSPS) is 15.2. The molecule has 0 saturated carbocycles. The van der Waals surface area contributed by atoms with E-state index >= 15 is 0 Å². The minimum absolute atomic E-state index is 0.00622. The van der Waals surface area contributed by atoms with E-state index in [1.807, 2.05) is 30.5 Å². The third-order valence-corrected chi connectivity index (χ3v) is 5.29. The van der Waals surface area contributed by atoms with Crippen LogP contribution in [-0.4, -0.2) is 30.6 Å². The number of rotatable bonds is 6. The van der Waals surface area contributed by atoms with E-state index in [4.69, 9.17) is 4.74 Å². The van der Waals surface area contributed by atoms with Gasteiger partial charge in [-0.25, -0.2) is 4.98 Å². The Kier molecular flexibility index (Phi) is 5.82. The fourth-order valence-electron chi connectivity index (χ4n) is 2.77. The molecule has 2 aromatic rings. The van der Waals surface area contributed by atoms with E-state index in [1.165, 1.54) is 10.4 Å².